The van der Waals surface area contributed by atoms with E-state index in [0.717, 1.165) is 40.3 Å². The summed E-state index contributed by atoms with van der Waals surface area (Å²) >= 11 is 3.59. The number of hydrogen-bond donors (Lipinski definition) is 1. The molecular weight excluding hydrogens is 440 g/mol. The summed E-state index contributed by atoms with van der Waals surface area (Å²) in [5.74, 6) is 1.46. The van der Waals surface area contributed by atoms with E-state index in [0.29, 0.717) is 6.04 Å². The summed E-state index contributed by atoms with van der Waals surface area (Å²) in [5.41, 5.74) is 4.66. The minimum absolute atomic E-state index is 0.473. The Hall–Kier alpha value is -2.24. The average Bonchev–Trinajstić information content (AvgIpc) is 3.11. The second-order valence-electron chi connectivity index (χ2n) is 7.83. The molecule has 1 unspecified atom stereocenters. The molecule has 0 spiro atoms. The third-order valence-electron chi connectivity index (χ3n) is 5.90. The summed E-state index contributed by atoms with van der Waals surface area (Å²) < 4.78 is 12.1. The lowest BCUT2D eigenvalue weighted by Crippen LogP contribution is -2.28. The smallest absolute Gasteiger partial charge is 0.170 e. The molecule has 3 aromatic rings. The summed E-state index contributed by atoms with van der Waals surface area (Å²) in [6.07, 6.45) is 5.08. The van der Waals surface area contributed by atoms with Crippen LogP contribution in [0.2, 0.25) is 0 Å². The maximum absolute atomic E-state index is 5.65. The van der Waals surface area contributed by atoms with Crippen LogP contribution in [0.3, 0.4) is 0 Å². The Balaban J connectivity index is 1.60. The molecule has 4 nitrogen and oxygen atoms in total. The van der Waals surface area contributed by atoms with Crippen molar-refractivity contribution in [2.75, 3.05) is 20.8 Å². The van der Waals surface area contributed by atoms with Crippen LogP contribution in [0.1, 0.15) is 43.0 Å². The molecule has 1 aliphatic heterocycles. The highest BCUT2D eigenvalue weighted by atomic mass is 79.9. The zero-order valence-electron chi connectivity index (χ0n) is 17.7. The van der Waals surface area contributed by atoms with Crippen LogP contribution >= 0.6 is 15.9 Å². The molecule has 1 fully saturated rings. The molecular formula is C25H29BrN2O2. The number of ether oxygens (including phenoxy) is 2. The van der Waals surface area contributed by atoms with Crippen LogP contribution in [-0.4, -0.2) is 30.6 Å². The van der Waals surface area contributed by atoms with Gasteiger partial charge >= 0.3 is 0 Å². The van der Waals surface area contributed by atoms with Crippen LogP contribution in [0, 0.1) is 0 Å². The molecule has 4 rings (SSSR count). The standard InChI is InChI=1S/C25H29BrN2O2/c1-29-24-16-19(26)15-21(25(24)30-2)22-13-12-20(27-22)17-28-14-8-4-7-11-23(28)18-9-5-3-6-10-18/h3,5-6,9-10,12-13,15-16,23,27H,4,7-8,11,14,17H2,1-2H3. The first kappa shape index (κ1) is 21.0. The lowest BCUT2D eigenvalue weighted by Gasteiger charge is -2.30. The quantitative estimate of drug-likeness (QED) is 0.443. The molecule has 0 radical (unpaired) electrons. The van der Waals surface area contributed by atoms with Crippen molar-refractivity contribution in [1.29, 1.82) is 0 Å². The number of aromatic amines is 1. The highest BCUT2D eigenvalue weighted by molar-refractivity contribution is 9.10. The van der Waals surface area contributed by atoms with Crippen LogP contribution < -0.4 is 9.47 Å². The number of nitrogens with zero attached hydrogens (tertiary/aromatic N) is 1. The first-order valence-electron chi connectivity index (χ1n) is 10.6. The van der Waals surface area contributed by atoms with Crippen molar-refractivity contribution >= 4 is 15.9 Å². The van der Waals surface area contributed by atoms with E-state index in [1.54, 1.807) is 14.2 Å². The zero-order chi connectivity index (χ0) is 20.9. The molecule has 1 N–H and O–H groups in total. The number of aromatic nitrogens is 1. The van der Waals surface area contributed by atoms with E-state index in [1.165, 1.54) is 36.9 Å². The maximum Gasteiger partial charge on any atom is 0.170 e. The van der Waals surface area contributed by atoms with E-state index in [-0.39, 0.29) is 0 Å². The number of nitrogens with one attached hydrogen (secondary N) is 1. The molecule has 2 heterocycles. The van der Waals surface area contributed by atoms with Crippen LogP contribution in [0.25, 0.3) is 11.3 Å². The van der Waals surface area contributed by atoms with Gasteiger partial charge in [0.05, 0.1) is 14.2 Å². The maximum atomic E-state index is 5.65. The van der Waals surface area contributed by atoms with E-state index in [4.69, 9.17) is 9.47 Å². The van der Waals surface area contributed by atoms with Gasteiger partial charge in [-0.2, -0.15) is 0 Å². The van der Waals surface area contributed by atoms with Crippen LogP contribution in [0.15, 0.2) is 59.1 Å². The predicted octanol–water partition coefficient (Wildman–Crippen LogP) is 6.58. The van der Waals surface area contributed by atoms with Crippen LogP contribution in [-0.2, 0) is 6.54 Å². The number of methoxy groups -OCH3 is 2. The Bertz CT molecular complexity index is 971. The van der Waals surface area contributed by atoms with Crippen molar-refractivity contribution < 1.29 is 9.47 Å². The van der Waals surface area contributed by atoms with Gasteiger partial charge in [-0.05, 0) is 49.2 Å². The van der Waals surface area contributed by atoms with Gasteiger partial charge < -0.3 is 14.5 Å². The summed E-state index contributed by atoms with van der Waals surface area (Å²) in [7, 11) is 3.35. The van der Waals surface area contributed by atoms with Crippen molar-refractivity contribution in [2.45, 2.75) is 38.3 Å². The first-order chi connectivity index (χ1) is 14.7. The Morgan fingerprint density at radius 1 is 1.00 bits per heavy atom. The highest BCUT2D eigenvalue weighted by Crippen LogP contribution is 2.40. The molecule has 1 aliphatic rings. The fourth-order valence-electron chi connectivity index (χ4n) is 4.45. The minimum Gasteiger partial charge on any atom is -0.493 e. The highest BCUT2D eigenvalue weighted by Gasteiger charge is 2.23. The summed E-state index contributed by atoms with van der Waals surface area (Å²) in [6, 6.07) is 19.7. The van der Waals surface area contributed by atoms with E-state index in [1.807, 2.05) is 6.07 Å². The van der Waals surface area contributed by atoms with Gasteiger partial charge in [0.1, 0.15) is 0 Å². The topological polar surface area (TPSA) is 37.5 Å². The molecule has 0 saturated carbocycles. The molecule has 1 atom stereocenters. The lowest BCUT2D eigenvalue weighted by molar-refractivity contribution is 0.190. The second-order valence-corrected chi connectivity index (χ2v) is 8.75. The van der Waals surface area contributed by atoms with Crippen molar-refractivity contribution in [3.05, 3.63) is 70.3 Å². The Morgan fingerprint density at radius 2 is 1.83 bits per heavy atom. The van der Waals surface area contributed by atoms with Crippen molar-refractivity contribution in [3.8, 4) is 22.8 Å². The first-order valence-corrected chi connectivity index (χ1v) is 11.4. The monoisotopic (exact) mass is 468 g/mol. The molecule has 0 aliphatic carbocycles. The largest absolute Gasteiger partial charge is 0.493 e. The number of likely N-dealkylation sites (tertiary alicyclic amines) is 1. The van der Waals surface area contributed by atoms with Gasteiger partial charge in [-0.25, -0.2) is 0 Å². The molecule has 5 heteroatoms. The zero-order valence-corrected chi connectivity index (χ0v) is 19.2. The van der Waals surface area contributed by atoms with Crippen LogP contribution in [0.4, 0.5) is 0 Å². The molecule has 158 valence electrons. The fourth-order valence-corrected chi connectivity index (χ4v) is 4.89. The van der Waals surface area contributed by atoms with Crippen molar-refractivity contribution in [3.63, 3.8) is 0 Å². The van der Waals surface area contributed by atoms with E-state index < -0.39 is 0 Å². The minimum atomic E-state index is 0.473. The normalized spacial score (nSPS) is 17.5. The summed E-state index contributed by atoms with van der Waals surface area (Å²) in [5, 5.41) is 0. The van der Waals surface area contributed by atoms with Gasteiger partial charge in [-0.1, -0.05) is 59.1 Å². The van der Waals surface area contributed by atoms with Gasteiger partial charge in [-0.3, -0.25) is 4.90 Å². The van der Waals surface area contributed by atoms with E-state index in [2.05, 4.69) is 74.3 Å². The molecule has 0 bridgehead atoms. The SMILES string of the molecule is COc1cc(Br)cc(-c2ccc(CN3CCCCCC3c3ccccc3)[nH]2)c1OC. The van der Waals surface area contributed by atoms with Gasteiger partial charge in [-0.15, -0.1) is 0 Å². The lowest BCUT2D eigenvalue weighted by atomic mass is 10.0. The Labute approximate surface area is 187 Å². The molecule has 0 amide bonds. The average molecular weight is 469 g/mol. The summed E-state index contributed by atoms with van der Waals surface area (Å²) in [6.45, 7) is 2.04. The van der Waals surface area contributed by atoms with E-state index in [9.17, 15) is 0 Å². The van der Waals surface area contributed by atoms with Gasteiger partial charge in [0.15, 0.2) is 11.5 Å². The molecule has 1 saturated heterocycles. The summed E-state index contributed by atoms with van der Waals surface area (Å²) in [4.78, 5) is 6.25. The molecule has 2 aromatic carbocycles. The Kier molecular flexibility index (Phi) is 6.80. The number of H-pyrrole nitrogens is 1. The predicted molar refractivity (Wildman–Crippen MR) is 125 cm³/mol. The second kappa shape index (κ2) is 9.71. The third kappa shape index (κ3) is 4.57. The van der Waals surface area contributed by atoms with Crippen molar-refractivity contribution in [1.82, 2.24) is 9.88 Å². The Morgan fingerprint density at radius 3 is 2.60 bits per heavy atom. The van der Waals surface area contributed by atoms with Crippen LogP contribution in [0.5, 0.6) is 11.5 Å². The number of benzene rings is 2. The molecule has 30 heavy (non-hydrogen) atoms. The number of halogens is 1. The van der Waals surface area contributed by atoms with Gasteiger partial charge in [0.25, 0.3) is 0 Å². The molecule has 1 aromatic heterocycles. The number of rotatable bonds is 6. The fraction of sp³-hybridized carbons (Fsp3) is 0.360. The van der Waals surface area contributed by atoms with Gasteiger partial charge in [0.2, 0.25) is 0 Å². The van der Waals surface area contributed by atoms with E-state index >= 15 is 0 Å². The van der Waals surface area contributed by atoms with Gasteiger partial charge in [0, 0.05) is 34.0 Å². The third-order valence-corrected chi connectivity index (χ3v) is 6.36. The number of hydrogen-bond acceptors (Lipinski definition) is 3. The van der Waals surface area contributed by atoms with Crippen molar-refractivity contribution in [2.24, 2.45) is 0 Å².